The van der Waals surface area contributed by atoms with Crippen LogP contribution in [-0.2, 0) is 46.6 Å². The number of phosphoric acid groups is 2. The predicted molar refractivity (Wildman–Crippen MR) is 217 cm³/mol. The van der Waals surface area contributed by atoms with Crippen LogP contribution in [0.25, 0.3) is 0 Å². The van der Waals surface area contributed by atoms with Crippen molar-refractivity contribution in [3.05, 3.63) is 12.2 Å². The number of ether oxygens (including phenoxy) is 2. The van der Waals surface area contributed by atoms with Crippen LogP contribution in [0.4, 0.5) is 0 Å². The van der Waals surface area contributed by atoms with E-state index in [1.807, 2.05) is 0 Å². The summed E-state index contributed by atoms with van der Waals surface area (Å²) in [5.74, 6) is -1.11. The van der Waals surface area contributed by atoms with Crippen molar-refractivity contribution >= 4 is 33.4 Å². The number of Topliss-reactive ketones (excluding diaryl/α,β-unsaturated/α-hetero) is 1. The summed E-state index contributed by atoms with van der Waals surface area (Å²) in [6, 6.07) is 0. The molecule has 0 bridgehead atoms. The first-order chi connectivity index (χ1) is 27.4. The van der Waals surface area contributed by atoms with Gasteiger partial charge in [-0.2, -0.15) is 0 Å². The molecule has 0 radical (unpaired) electrons. The summed E-state index contributed by atoms with van der Waals surface area (Å²) < 4.78 is 47.7. The lowest BCUT2D eigenvalue weighted by molar-refractivity contribution is -0.161. The minimum absolute atomic E-state index is 0.0122. The molecule has 6 N–H and O–H groups in total. The molecule has 7 atom stereocenters. The molecule has 16 nitrogen and oxygen atoms in total. The van der Waals surface area contributed by atoms with Gasteiger partial charge >= 0.3 is 27.6 Å². The number of ketones is 1. The Bertz CT molecular complexity index is 1260. The standard InChI is InChI=1S/C40H74O16P2/c1-4-5-14-20-32(41)24-25-36-35(37(43)26-38(36)44)21-16-12-13-17-22-39(45)52-29-34(30-55-58(50,51)54-28-33(42)27-53-57(47,48)49)56-40(46)23-18-11-9-7-6-8-10-15-19-31(2)3/h24-25,31-36,38,41-42,44H,4-23,26-30H2,1-3H3,(H,50,51)(H2,47,48,49)/b25-24+/t32-,33-,34+,35+,36+,38+/m0/s1. The van der Waals surface area contributed by atoms with Crippen molar-refractivity contribution < 1.29 is 76.6 Å². The van der Waals surface area contributed by atoms with Crippen LogP contribution in [0.15, 0.2) is 12.2 Å². The summed E-state index contributed by atoms with van der Waals surface area (Å²) in [4.78, 5) is 65.4. The number of phosphoric ester groups is 2. The van der Waals surface area contributed by atoms with E-state index in [9.17, 15) is 43.7 Å². The maximum atomic E-state index is 12.7. The van der Waals surface area contributed by atoms with Gasteiger partial charge in [0.15, 0.2) is 6.10 Å². The molecule has 340 valence electrons. The van der Waals surface area contributed by atoms with Gasteiger partial charge in [0, 0.05) is 31.1 Å². The highest BCUT2D eigenvalue weighted by molar-refractivity contribution is 7.47. The Hall–Kier alpha value is -1.55. The molecule has 1 saturated carbocycles. The van der Waals surface area contributed by atoms with Gasteiger partial charge in [-0.15, -0.1) is 0 Å². The normalized spacial score (nSPS) is 20.0. The van der Waals surface area contributed by atoms with Crippen LogP contribution >= 0.6 is 15.6 Å². The van der Waals surface area contributed by atoms with E-state index in [-0.39, 0.29) is 36.9 Å². The number of aliphatic hydroxyl groups is 3. The Morgan fingerprint density at radius 3 is 1.91 bits per heavy atom. The summed E-state index contributed by atoms with van der Waals surface area (Å²) in [5, 5.41) is 30.4. The van der Waals surface area contributed by atoms with Gasteiger partial charge in [0.1, 0.15) is 18.5 Å². The topological polar surface area (TPSA) is 253 Å². The van der Waals surface area contributed by atoms with Gasteiger partial charge in [-0.25, -0.2) is 9.13 Å². The molecule has 0 saturated heterocycles. The monoisotopic (exact) mass is 872 g/mol. The van der Waals surface area contributed by atoms with E-state index in [1.165, 1.54) is 25.7 Å². The molecule has 0 spiro atoms. The van der Waals surface area contributed by atoms with Gasteiger partial charge in [0.2, 0.25) is 0 Å². The van der Waals surface area contributed by atoms with E-state index in [0.29, 0.717) is 44.4 Å². The molecule has 0 aliphatic heterocycles. The van der Waals surface area contributed by atoms with Gasteiger partial charge < -0.3 is 39.5 Å². The molecule has 0 aromatic heterocycles. The minimum atomic E-state index is -4.89. The smallest absolute Gasteiger partial charge is 0.462 e. The number of rotatable bonds is 36. The predicted octanol–water partition coefficient (Wildman–Crippen LogP) is 7.01. The zero-order valence-corrected chi connectivity index (χ0v) is 36.8. The number of carbonyl (C=O) groups excluding carboxylic acids is 3. The average Bonchev–Trinajstić information content (AvgIpc) is 3.42. The van der Waals surface area contributed by atoms with E-state index in [0.717, 1.165) is 51.4 Å². The molecule has 1 unspecified atom stereocenters. The number of hydrogen-bond acceptors (Lipinski definition) is 13. The molecule has 18 heteroatoms. The largest absolute Gasteiger partial charge is 0.472 e. The van der Waals surface area contributed by atoms with Gasteiger partial charge in [-0.1, -0.05) is 123 Å². The lowest BCUT2D eigenvalue weighted by Gasteiger charge is -2.20. The highest BCUT2D eigenvalue weighted by Crippen LogP contribution is 2.44. The van der Waals surface area contributed by atoms with Crippen LogP contribution in [0.2, 0.25) is 0 Å². The number of hydrogen-bond donors (Lipinski definition) is 6. The van der Waals surface area contributed by atoms with Crippen LogP contribution in [-0.4, -0.2) is 98.6 Å². The van der Waals surface area contributed by atoms with E-state index in [2.05, 4.69) is 29.8 Å². The summed E-state index contributed by atoms with van der Waals surface area (Å²) in [7, 11) is -9.75. The molecule has 0 aromatic rings. The lowest BCUT2D eigenvalue weighted by Crippen LogP contribution is -2.30. The molecule has 1 rings (SSSR count). The number of carbonyl (C=O) groups is 3. The number of aliphatic hydroxyl groups excluding tert-OH is 3. The first-order valence-electron chi connectivity index (χ1n) is 21.3. The van der Waals surface area contributed by atoms with E-state index in [1.54, 1.807) is 12.2 Å². The number of esters is 2. The molecule has 58 heavy (non-hydrogen) atoms. The fraction of sp³-hybridized carbons (Fsp3) is 0.875. The quantitative estimate of drug-likeness (QED) is 0.0160. The van der Waals surface area contributed by atoms with Crippen LogP contribution < -0.4 is 0 Å². The van der Waals surface area contributed by atoms with Crippen molar-refractivity contribution in [1.82, 2.24) is 0 Å². The molecule has 0 heterocycles. The second-order valence-corrected chi connectivity index (χ2v) is 18.6. The first kappa shape index (κ1) is 54.5. The summed E-state index contributed by atoms with van der Waals surface area (Å²) in [6.45, 7) is 3.63. The Morgan fingerprint density at radius 2 is 1.29 bits per heavy atom. The van der Waals surface area contributed by atoms with Crippen LogP contribution in [0.1, 0.15) is 156 Å². The van der Waals surface area contributed by atoms with Gasteiger partial charge in [-0.3, -0.25) is 28.0 Å². The average molecular weight is 873 g/mol. The second kappa shape index (κ2) is 31.3. The fourth-order valence-corrected chi connectivity index (χ4v) is 7.82. The number of unbranched alkanes of at least 4 members (excludes halogenated alkanes) is 12. The SMILES string of the molecule is CCCCC[C@H](O)/C=C/[C@H]1[C@H](O)CC(=O)[C@@H]1CCCCCCC(=O)OC[C@H](COP(=O)(O)OC[C@@H](O)COP(=O)(O)O)OC(=O)CCCCCCCCCCC(C)C. The fourth-order valence-electron chi connectivity index (χ4n) is 6.66. The lowest BCUT2D eigenvalue weighted by atomic mass is 9.88. The Balaban J connectivity index is 2.55. The van der Waals surface area contributed by atoms with Crippen molar-refractivity contribution in [2.75, 3.05) is 26.4 Å². The molecular formula is C40H74O16P2. The summed E-state index contributed by atoms with van der Waals surface area (Å²) in [6.07, 6.45) is 15.7. The second-order valence-electron chi connectivity index (χ2n) is 15.9. The van der Waals surface area contributed by atoms with E-state index >= 15 is 0 Å². The van der Waals surface area contributed by atoms with E-state index in [4.69, 9.17) is 23.8 Å². The van der Waals surface area contributed by atoms with Crippen molar-refractivity contribution in [2.24, 2.45) is 17.8 Å². The van der Waals surface area contributed by atoms with Gasteiger partial charge in [0.25, 0.3) is 0 Å². The van der Waals surface area contributed by atoms with Crippen molar-refractivity contribution in [3.8, 4) is 0 Å². The maximum absolute atomic E-state index is 12.7. The molecule has 1 aliphatic rings. The molecule has 0 aromatic carbocycles. The van der Waals surface area contributed by atoms with Gasteiger partial charge in [0.05, 0.1) is 32.0 Å². The van der Waals surface area contributed by atoms with Crippen molar-refractivity contribution in [1.29, 1.82) is 0 Å². The zero-order valence-electron chi connectivity index (χ0n) is 35.0. The Morgan fingerprint density at radius 1 is 0.741 bits per heavy atom. The highest BCUT2D eigenvalue weighted by atomic mass is 31.2. The maximum Gasteiger partial charge on any atom is 0.472 e. The Kier molecular flexibility index (Phi) is 29.4. The summed E-state index contributed by atoms with van der Waals surface area (Å²) in [5.41, 5.74) is 0. The van der Waals surface area contributed by atoms with Crippen LogP contribution in [0.5, 0.6) is 0 Å². The third-order valence-corrected chi connectivity index (χ3v) is 11.4. The van der Waals surface area contributed by atoms with Crippen LogP contribution in [0.3, 0.4) is 0 Å². The molecular weight excluding hydrogens is 798 g/mol. The molecule has 0 amide bonds. The van der Waals surface area contributed by atoms with Crippen molar-refractivity contribution in [2.45, 2.75) is 180 Å². The molecule has 1 aliphatic carbocycles. The summed E-state index contributed by atoms with van der Waals surface area (Å²) >= 11 is 0. The third kappa shape index (κ3) is 28.8. The first-order valence-corrected chi connectivity index (χ1v) is 24.4. The van der Waals surface area contributed by atoms with Crippen LogP contribution in [0, 0.1) is 17.8 Å². The zero-order chi connectivity index (χ0) is 43.4. The molecule has 1 fully saturated rings. The Labute approximate surface area is 345 Å². The third-order valence-electron chi connectivity index (χ3n) is 9.97. The van der Waals surface area contributed by atoms with Gasteiger partial charge in [-0.05, 0) is 31.6 Å². The van der Waals surface area contributed by atoms with Crippen molar-refractivity contribution in [3.63, 3.8) is 0 Å². The van der Waals surface area contributed by atoms with E-state index < -0.39 is 78.4 Å². The minimum Gasteiger partial charge on any atom is -0.462 e. The highest BCUT2D eigenvalue weighted by Gasteiger charge is 2.39.